The minimum atomic E-state index is 0.233. The Morgan fingerprint density at radius 2 is 1.85 bits per heavy atom. The maximum absolute atomic E-state index is 6.50. The van der Waals surface area contributed by atoms with Gasteiger partial charge in [-0.2, -0.15) is 0 Å². The van der Waals surface area contributed by atoms with Gasteiger partial charge in [0.05, 0.1) is 11.2 Å². The van der Waals surface area contributed by atoms with Crippen molar-refractivity contribution in [3.8, 4) is 0 Å². The van der Waals surface area contributed by atoms with Crippen molar-refractivity contribution < 1.29 is 0 Å². The number of hydrogen-bond acceptors (Lipinski definition) is 2. The van der Waals surface area contributed by atoms with E-state index in [0.717, 1.165) is 16.6 Å². The molecule has 3 rings (SSSR count). The molecule has 0 spiro atoms. The summed E-state index contributed by atoms with van der Waals surface area (Å²) < 4.78 is 0. The lowest BCUT2D eigenvalue weighted by molar-refractivity contribution is 0.276. The second-order valence-corrected chi connectivity index (χ2v) is 7.24. The van der Waals surface area contributed by atoms with Crippen LogP contribution in [0.2, 0.25) is 0 Å². The van der Waals surface area contributed by atoms with E-state index < -0.39 is 0 Å². The van der Waals surface area contributed by atoms with Gasteiger partial charge in [-0.05, 0) is 30.2 Å². The molecule has 1 aromatic carbocycles. The summed E-state index contributed by atoms with van der Waals surface area (Å²) in [6.07, 6.45) is 2.42. The van der Waals surface area contributed by atoms with Crippen LogP contribution in [0.4, 0.5) is 5.69 Å². The van der Waals surface area contributed by atoms with Crippen LogP contribution >= 0.6 is 0 Å². The zero-order valence-corrected chi connectivity index (χ0v) is 12.9. The van der Waals surface area contributed by atoms with Crippen molar-refractivity contribution in [3.05, 3.63) is 35.5 Å². The fourth-order valence-corrected chi connectivity index (χ4v) is 3.60. The highest BCUT2D eigenvalue weighted by atomic mass is 14.8. The van der Waals surface area contributed by atoms with Crippen LogP contribution in [0.1, 0.15) is 63.6 Å². The lowest BCUT2D eigenvalue weighted by Gasteiger charge is -2.38. The summed E-state index contributed by atoms with van der Waals surface area (Å²) in [5.41, 5.74) is 11.3. The van der Waals surface area contributed by atoms with Crippen LogP contribution < -0.4 is 5.73 Å². The molecule has 2 N–H and O–H groups in total. The Kier molecular flexibility index (Phi) is 3.00. The summed E-state index contributed by atoms with van der Waals surface area (Å²) >= 11 is 0. The van der Waals surface area contributed by atoms with Gasteiger partial charge in [0, 0.05) is 22.6 Å². The summed E-state index contributed by atoms with van der Waals surface area (Å²) in [5, 5.41) is 1.10. The second-order valence-electron chi connectivity index (χ2n) is 7.24. The Labute approximate surface area is 121 Å². The molecule has 0 fully saturated rings. The summed E-state index contributed by atoms with van der Waals surface area (Å²) in [6, 6.07) is 8.25. The second kappa shape index (κ2) is 4.47. The molecule has 1 heterocycles. The molecule has 0 amide bonds. The molecule has 0 unspecified atom stereocenters. The monoisotopic (exact) mass is 268 g/mol. The van der Waals surface area contributed by atoms with Crippen molar-refractivity contribution in [2.45, 2.75) is 52.4 Å². The Bertz CT molecular complexity index is 652. The van der Waals surface area contributed by atoms with Gasteiger partial charge in [0.1, 0.15) is 0 Å². The SMILES string of the molecule is C[C@@H]1CC[C@@H](C(C)(C)C)c2nc3ccccc3c(N)c21. The van der Waals surface area contributed by atoms with Crippen molar-refractivity contribution >= 4 is 16.6 Å². The minimum absolute atomic E-state index is 0.233. The van der Waals surface area contributed by atoms with E-state index in [1.54, 1.807) is 0 Å². The first-order chi connectivity index (χ1) is 9.39. The smallest absolute Gasteiger partial charge is 0.0726 e. The number of anilines is 1. The average molecular weight is 268 g/mol. The highest BCUT2D eigenvalue weighted by molar-refractivity contribution is 5.92. The molecule has 20 heavy (non-hydrogen) atoms. The van der Waals surface area contributed by atoms with E-state index in [1.165, 1.54) is 24.1 Å². The van der Waals surface area contributed by atoms with Crippen LogP contribution in [0.25, 0.3) is 10.9 Å². The third-order valence-corrected chi connectivity index (χ3v) is 4.76. The number of benzene rings is 1. The Hall–Kier alpha value is -1.57. The van der Waals surface area contributed by atoms with Gasteiger partial charge in [-0.3, -0.25) is 4.98 Å². The van der Waals surface area contributed by atoms with Crippen LogP contribution in [0.3, 0.4) is 0 Å². The van der Waals surface area contributed by atoms with Gasteiger partial charge in [-0.1, -0.05) is 45.9 Å². The minimum Gasteiger partial charge on any atom is -0.398 e. The molecule has 0 radical (unpaired) electrons. The van der Waals surface area contributed by atoms with E-state index in [1.807, 2.05) is 12.1 Å². The van der Waals surface area contributed by atoms with Gasteiger partial charge in [0.15, 0.2) is 0 Å². The predicted molar refractivity (Wildman–Crippen MR) is 86.0 cm³/mol. The molecule has 0 saturated carbocycles. The van der Waals surface area contributed by atoms with Crippen LogP contribution in [-0.2, 0) is 0 Å². The van der Waals surface area contributed by atoms with Gasteiger partial charge < -0.3 is 5.73 Å². The fourth-order valence-electron chi connectivity index (χ4n) is 3.60. The Morgan fingerprint density at radius 3 is 2.55 bits per heavy atom. The molecule has 1 aromatic heterocycles. The molecule has 2 nitrogen and oxygen atoms in total. The molecule has 2 heteroatoms. The van der Waals surface area contributed by atoms with Gasteiger partial charge >= 0.3 is 0 Å². The summed E-state index contributed by atoms with van der Waals surface area (Å²) in [5.74, 6) is 1.02. The van der Waals surface area contributed by atoms with Crippen LogP contribution in [0.15, 0.2) is 24.3 Å². The van der Waals surface area contributed by atoms with Crippen molar-refractivity contribution in [1.82, 2.24) is 4.98 Å². The van der Waals surface area contributed by atoms with E-state index in [4.69, 9.17) is 10.7 Å². The molecular weight excluding hydrogens is 244 g/mol. The molecule has 106 valence electrons. The van der Waals surface area contributed by atoms with Crippen molar-refractivity contribution in [2.24, 2.45) is 5.41 Å². The van der Waals surface area contributed by atoms with E-state index in [2.05, 4.69) is 39.8 Å². The standard InChI is InChI=1S/C18H24N2/c1-11-9-10-13(18(2,3)4)17-15(11)16(19)12-7-5-6-8-14(12)20-17/h5-8,11,13H,9-10H2,1-4H3,(H2,19,20)/t11-,13-/m1/s1. The van der Waals surface area contributed by atoms with E-state index in [9.17, 15) is 0 Å². The number of nitrogens with zero attached hydrogens (tertiary/aromatic N) is 1. The van der Waals surface area contributed by atoms with Gasteiger partial charge in [-0.15, -0.1) is 0 Å². The molecule has 0 saturated heterocycles. The molecule has 2 aromatic rings. The first kappa shape index (κ1) is 13.4. The van der Waals surface area contributed by atoms with Crippen molar-refractivity contribution in [1.29, 1.82) is 0 Å². The average Bonchev–Trinajstić information content (AvgIpc) is 2.37. The van der Waals surface area contributed by atoms with Gasteiger partial charge in [-0.25, -0.2) is 0 Å². The number of pyridine rings is 1. The molecule has 2 atom stereocenters. The lowest BCUT2D eigenvalue weighted by Crippen LogP contribution is -2.26. The van der Waals surface area contributed by atoms with Crippen LogP contribution in [-0.4, -0.2) is 4.98 Å². The van der Waals surface area contributed by atoms with E-state index in [0.29, 0.717) is 11.8 Å². The Morgan fingerprint density at radius 1 is 1.15 bits per heavy atom. The van der Waals surface area contributed by atoms with E-state index in [-0.39, 0.29) is 5.41 Å². The fraction of sp³-hybridized carbons (Fsp3) is 0.500. The first-order valence-corrected chi connectivity index (χ1v) is 7.57. The van der Waals surface area contributed by atoms with Gasteiger partial charge in [0.25, 0.3) is 0 Å². The predicted octanol–water partition coefficient (Wildman–Crippen LogP) is 4.84. The molecule has 1 aliphatic rings. The number of hydrogen-bond donors (Lipinski definition) is 1. The highest BCUT2D eigenvalue weighted by Gasteiger charge is 2.35. The molecule has 1 aliphatic carbocycles. The quantitative estimate of drug-likeness (QED) is 0.742. The third-order valence-electron chi connectivity index (χ3n) is 4.76. The largest absolute Gasteiger partial charge is 0.398 e. The number of nitrogens with two attached hydrogens (primary N) is 1. The van der Waals surface area contributed by atoms with Gasteiger partial charge in [0.2, 0.25) is 0 Å². The Balaban J connectivity index is 2.31. The summed E-state index contributed by atoms with van der Waals surface area (Å²) in [7, 11) is 0. The van der Waals surface area contributed by atoms with Crippen molar-refractivity contribution in [2.75, 3.05) is 5.73 Å². The maximum Gasteiger partial charge on any atom is 0.0726 e. The number of aromatic nitrogens is 1. The highest BCUT2D eigenvalue weighted by Crippen LogP contribution is 2.49. The zero-order chi connectivity index (χ0) is 14.5. The number of nitrogen functional groups attached to an aromatic ring is 1. The summed E-state index contributed by atoms with van der Waals surface area (Å²) in [6.45, 7) is 9.21. The van der Waals surface area contributed by atoms with Crippen LogP contribution in [0.5, 0.6) is 0 Å². The topological polar surface area (TPSA) is 38.9 Å². The normalized spacial score (nSPS) is 22.8. The number of para-hydroxylation sites is 1. The van der Waals surface area contributed by atoms with Crippen molar-refractivity contribution in [3.63, 3.8) is 0 Å². The zero-order valence-electron chi connectivity index (χ0n) is 12.9. The third kappa shape index (κ3) is 1.98. The number of rotatable bonds is 0. The van der Waals surface area contributed by atoms with Crippen LogP contribution in [0, 0.1) is 5.41 Å². The molecule has 0 bridgehead atoms. The number of fused-ring (bicyclic) bond motifs is 2. The lowest BCUT2D eigenvalue weighted by atomic mass is 9.68. The molecular formula is C18H24N2. The first-order valence-electron chi connectivity index (χ1n) is 7.57. The molecule has 0 aliphatic heterocycles. The maximum atomic E-state index is 6.50. The summed E-state index contributed by atoms with van der Waals surface area (Å²) in [4.78, 5) is 4.99. The van der Waals surface area contributed by atoms with E-state index >= 15 is 0 Å².